The number of alkyl halides is 3. The number of carbonyl (C=O) groups is 1. The molecule has 23 heavy (non-hydrogen) atoms. The number of nitrogens with one attached hydrogen (secondary N) is 1. The maximum absolute atomic E-state index is 12.6. The zero-order valence-electron chi connectivity index (χ0n) is 12.9. The highest BCUT2D eigenvalue weighted by molar-refractivity contribution is 5.76. The van der Waals surface area contributed by atoms with Gasteiger partial charge in [0.05, 0.1) is 0 Å². The number of halogens is 3. The fourth-order valence-corrected chi connectivity index (χ4v) is 2.80. The highest BCUT2D eigenvalue weighted by atomic mass is 19.4. The predicted molar refractivity (Wildman–Crippen MR) is 77.9 cm³/mol. The van der Waals surface area contributed by atoms with Gasteiger partial charge in [0.2, 0.25) is 5.91 Å². The summed E-state index contributed by atoms with van der Waals surface area (Å²) >= 11 is 0. The van der Waals surface area contributed by atoms with Crippen LogP contribution in [0.25, 0.3) is 0 Å². The Bertz CT molecular complexity index is 617. The molecular weight excluding hydrogens is 311 g/mol. The van der Waals surface area contributed by atoms with Crippen LogP contribution in [0.4, 0.5) is 13.2 Å². The summed E-state index contributed by atoms with van der Waals surface area (Å²) in [6.07, 6.45) is 1.50. The minimum absolute atomic E-state index is 0.0726. The average Bonchev–Trinajstić information content (AvgIpc) is 2.70. The van der Waals surface area contributed by atoms with Crippen LogP contribution in [0.1, 0.15) is 50.0 Å². The van der Waals surface area contributed by atoms with Crippen molar-refractivity contribution in [2.75, 3.05) is 0 Å². The molecule has 2 rings (SSSR count). The number of nitrogens with zero attached hydrogens (tertiary/aromatic N) is 2. The van der Waals surface area contributed by atoms with E-state index >= 15 is 0 Å². The average molecular weight is 331 g/mol. The van der Waals surface area contributed by atoms with E-state index in [4.69, 9.17) is 0 Å². The molecule has 0 radical (unpaired) electrons. The van der Waals surface area contributed by atoms with E-state index in [-0.39, 0.29) is 24.3 Å². The highest BCUT2D eigenvalue weighted by Crippen LogP contribution is 2.26. The Labute approximate surface area is 131 Å². The number of carbonyl (C=O) groups excluding carboxylic acids is 1. The van der Waals surface area contributed by atoms with E-state index in [2.05, 4.69) is 10.3 Å². The maximum atomic E-state index is 12.6. The third-order valence-electron chi connectivity index (χ3n) is 4.01. The predicted octanol–water partition coefficient (Wildman–Crippen LogP) is 2.41. The standard InChI is InChI=1S/C15H20F3N3O2/c1-10-19-12(15(16,17)18)8-14(23)21(10)9-13(22)20-11-6-4-2-3-5-7-11/h8,11H,2-7,9H2,1H3,(H,20,22). The Hall–Kier alpha value is -1.86. The zero-order chi connectivity index (χ0) is 17.0. The van der Waals surface area contributed by atoms with Gasteiger partial charge in [-0.3, -0.25) is 14.2 Å². The third-order valence-corrected chi connectivity index (χ3v) is 4.01. The first kappa shape index (κ1) is 17.5. The van der Waals surface area contributed by atoms with Crippen LogP contribution in [0.2, 0.25) is 0 Å². The lowest BCUT2D eigenvalue weighted by molar-refractivity contribution is -0.141. The highest BCUT2D eigenvalue weighted by Gasteiger charge is 2.33. The number of hydrogen-bond acceptors (Lipinski definition) is 3. The first-order valence-corrected chi connectivity index (χ1v) is 7.72. The molecule has 5 nitrogen and oxygen atoms in total. The molecule has 128 valence electrons. The summed E-state index contributed by atoms with van der Waals surface area (Å²) < 4.78 is 38.8. The van der Waals surface area contributed by atoms with Gasteiger partial charge >= 0.3 is 6.18 Å². The van der Waals surface area contributed by atoms with Crippen LogP contribution in [-0.2, 0) is 17.5 Å². The van der Waals surface area contributed by atoms with Gasteiger partial charge in [-0.05, 0) is 19.8 Å². The van der Waals surface area contributed by atoms with Crippen LogP contribution in [-0.4, -0.2) is 21.5 Å². The molecule has 0 unspecified atom stereocenters. The Morgan fingerprint density at radius 3 is 2.43 bits per heavy atom. The lowest BCUT2D eigenvalue weighted by atomic mass is 10.1. The fourth-order valence-electron chi connectivity index (χ4n) is 2.80. The number of hydrogen-bond donors (Lipinski definition) is 1. The Balaban J connectivity index is 2.07. The first-order chi connectivity index (χ1) is 10.8. The van der Waals surface area contributed by atoms with Gasteiger partial charge in [0.1, 0.15) is 12.4 Å². The van der Waals surface area contributed by atoms with Gasteiger partial charge in [0.25, 0.3) is 5.56 Å². The minimum atomic E-state index is -4.67. The van der Waals surface area contributed by atoms with Gasteiger partial charge < -0.3 is 5.32 Å². The van der Waals surface area contributed by atoms with Gasteiger partial charge in [-0.15, -0.1) is 0 Å². The summed E-state index contributed by atoms with van der Waals surface area (Å²) in [5.74, 6) is -0.496. The lowest BCUT2D eigenvalue weighted by Gasteiger charge is -2.17. The van der Waals surface area contributed by atoms with Crippen LogP contribution in [0.3, 0.4) is 0 Å². The second-order valence-corrected chi connectivity index (χ2v) is 5.87. The third kappa shape index (κ3) is 4.80. The summed E-state index contributed by atoms with van der Waals surface area (Å²) in [7, 11) is 0. The number of amides is 1. The quantitative estimate of drug-likeness (QED) is 0.865. The van der Waals surface area contributed by atoms with Crippen molar-refractivity contribution >= 4 is 5.91 Å². The molecule has 1 heterocycles. The van der Waals surface area contributed by atoms with Gasteiger partial charge in [0, 0.05) is 12.1 Å². The lowest BCUT2D eigenvalue weighted by Crippen LogP contribution is -2.39. The summed E-state index contributed by atoms with van der Waals surface area (Å²) in [6, 6.07) is 0.495. The van der Waals surface area contributed by atoms with Crippen molar-refractivity contribution in [1.29, 1.82) is 0 Å². The SMILES string of the molecule is Cc1nc(C(F)(F)F)cc(=O)n1CC(=O)NC1CCCCCC1. The molecule has 1 saturated carbocycles. The number of rotatable bonds is 3. The normalized spacial score (nSPS) is 16.9. The topological polar surface area (TPSA) is 64.0 Å². The van der Waals surface area contributed by atoms with Crippen molar-refractivity contribution in [1.82, 2.24) is 14.9 Å². The molecule has 1 aromatic heterocycles. The van der Waals surface area contributed by atoms with Gasteiger partial charge in [-0.2, -0.15) is 13.2 Å². The van der Waals surface area contributed by atoms with Crippen molar-refractivity contribution in [3.05, 3.63) is 27.9 Å². The zero-order valence-corrected chi connectivity index (χ0v) is 12.9. The van der Waals surface area contributed by atoms with Crippen LogP contribution in [0.5, 0.6) is 0 Å². The van der Waals surface area contributed by atoms with E-state index in [0.29, 0.717) is 6.07 Å². The monoisotopic (exact) mass is 331 g/mol. The van der Waals surface area contributed by atoms with Crippen LogP contribution >= 0.6 is 0 Å². The Morgan fingerprint density at radius 2 is 1.91 bits per heavy atom. The first-order valence-electron chi connectivity index (χ1n) is 7.72. The fraction of sp³-hybridized carbons (Fsp3) is 0.667. The molecule has 1 amide bonds. The molecule has 1 fully saturated rings. The van der Waals surface area contributed by atoms with E-state index in [0.717, 1.165) is 43.1 Å². The van der Waals surface area contributed by atoms with Crippen LogP contribution in [0, 0.1) is 6.92 Å². The van der Waals surface area contributed by atoms with E-state index < -0.39 is 17.4 Å². The molecule has 1 aliphatic carbocycles. The number of aromatic nitrogens is 2. The van der Waals surface area contributed by atoms with E-state index in [9.17, 15) is 22.8 Å². The number of aryl methyl sites for hydroxylation is 1. The van der Waals surface area contributed by atoms with Gasteiger partial charge in [-0.1, -0.05) is 25.7 Å². The van der Waals surface area contributed by atoms with Gasteiger partial charge in [-0.25, -0.2) is 4.98 Å². The summed E-state index contributed by atoms with van der Waals surface area (Å²) in [5, 5.41) is 2.86. The van der Waals surface area contributed by atoms with Crippen molar-refractivity contribution in [2.45, 2.75) is 64.2 Å². The Morgan fingerprint density at radius 1 is 1.30 bits per heavy atom. The largest absolute Gasteiger partial charge is 0.433 e. The maximum Gasteiger partial charge on any atom is 0.433 e. The van der Waals surface area contributed by atoms with Crippen LogP contribution < -0.4 is 10.9 Å². The van der Waals surface area contributed by atoms with Crippen molar-refractivity contribution in [3.63, 3.8) is 0 Å². The second kappa shape index (κ2) is 7.14. The van der Waals surface area contributed by atoms with Crippen molar-refractivity contribution in [2.24, 2.45) is 0 Å². The molecule has 0 atom stereocenters. The molecule has 1 aromatic rings. The molecule has 0 spiro atoms. The van der Waals surface area contributed by atoms with Gasteiger partial charge in [0.15, 0.2) is 5.69 Å². The van der Waals surface area contributed by atoms with Crippen molar-refractivity contribution in [3.8, 4) is 0 Å². The second-order valence-electron chi connectivity index (χ2n) is 5.87. The van der Waals surface area contributed by atoms with E-state index in [1.165, 1.54) is 6.92 Å². The van der Waals surface area contributed by atoms with E-state index in [1.807, 2.05) is 0 Å². The summed E-state index contributed by atoms with van der Waals surface area (Å²) in [5.41, 5.74) is -2.11. The molecular formula is C15H20F3N3O2. The van der Waals surface area contributed by atoms with Crippen molar-refractivity contribution < 1.29 is 18.0 Å². The molecule has 8 heteroatoms. The Kier molecular flexibility index (Phi) is 5.43. The summed E-state index contributed by atoms with van der Waals surface area (Å²) in [4.78, 5) is 27.3. The molecule has 1 N–H and O–H groups in total. The van der Waals surface area contributed by atoms with E-state index in [1.54, 1.807) is 0 Å². The molecule has 0 bridgehead atoms. The molecule has 0 aliphatic heterocycles. The summed E-state index contributed by atoms with van der Waals surface area (Å²) in [6.45, 7) is 0.974. The molecule has 0 aromatic carbocycles. The molecule has 1 aliphatic rings. The van der Waals surface area contributed by atoms with Crippen LogP contribution in [0.15, 0.2) is 10.9 Å². The minimum Gasteiger partial charge on any atom is -0.352 e. The smallest absolute Gasteiger partial charge is 0.352 e. The molecule has 0 saturated heterocycles.